The second kappa shape index (κ2) is 4.88. The predicted octanol–water partition coefficient (Wildman–Crippen LogP) is 2.66. The van der Waals surface area contributed by atoms with Crippen LogP contribution < -0.4 is 5.32 Å². The van der Waals surface area contributed by atoms with Crippen molar-refractivity contribution in [3.8, 4) is 0 Å². The highest BCUT2D eigenvalue weighted by Crippen LogP contribution is 2.47. The van der Waals surface area contributed by atoms with Gasteiger partial charge in [-0.2, -0.15) is 0 Å². The molecule has 1 aliphatic rings. The minimum absolute atomic E-state index is 0.404. The first-order valence-corrected chi connectivity index (χ1v) is 6.19. The fraction of sp³-hybridized carbons (Fsp3) is 0.500. The lowest BCUT2D eigenvalue weighted by Crippen LogP contribution is -2.24. The number of aromatic carboxylic acids is 1. The molecule has 1 saturated carbocycles. The third kappa shape index (κ3) is 2.86. The Morgan fingerprint density at radius 1 is 1.41 bits per heavy atom. The van der Waals surface area contributed by atoms with Crippen molar-refractivity contribution in [2.24, 2.45) is 5.41 Å². The van der Waals surface area contributed by atoms with Crippen molar-refractivity contribution in [3.05, 3.63) is 35.4 Å². The topological polar surface area (TPSA) is 49.3 Å². The summed E-state index contributed by atoms with van der Waals surface area (Å²) in [5, 5.41) is 12.4. The van der Waals surface area contributed by atoms with Gasteiger partial charge in [-0.3, -0.25) is 0 Å². The zero-order valence-corrected chi connectivity index (χ0v) is 10.2. The first kappa shape index (κ1) is 12.1. The van der Waals surface area contributed by atoms with Crippen LogP contribution in [0.25, 0.3) is 0 Å². The Morgan fingerprint density at radius 3 is 2.71 bits per heavy atom. The van der Waals surface area contributed by atoms with E-state index in [4.69, 9.17) is 5.11 Å². The predicted molar refractivity (Wildman–Crippen MR) is 67.1 cm³/mol. The first-order chi connectivity index (χ1) is 8.17. The van der Waals surface area contributed by atoms with Gasteiger partial charge in [-0.15, -0.1) is 0 Å². The Balaban J connectivity index is 1.92. The minimum Gasteiger partial charge on any atom is -0.478 e. The van der Waals surface area contributed by atoms with E-state index in [-0.39, 0.29) is 0 Å². The molecular weight excluding hydrogens is 214 g/mol. The molecule has 0 saturated heterocycles. The van der Waals surface area contributed by atoms with E-state index in [0.717, 1.165) is 12.1 Å². The third-order valence-electron chi connectivity index (χ3n) is 3.77. The van der Waals surface area contributed by atoms with Crippen molar-refractivity contribution < 1.29 is 9.90 Å². The molecule has 0 atom stereocenters. The molecule has 1 aromatic rings. The standard InChI is InChI=1S/C14H19NO2/c1-2-14(7-8-14)10-15-9-11-5-3-4-6-12(11)13(16)17/h3-6,15H,2,7-10H2,1H3,(H,16,17). The lowest BCUT2D eigenvalue weighted by molar-refractivity contribution is 0.0695. The Bertz CT molecular complexity index is 410. The summed E-state index contributed by atoms with van der Waals surface area (Å²) < 4.78 is 0. The number of hydrogen-bond acceptors (Lipinski definition) is 2. The van der Waals surface area contributed by atoms with Crippen molar-refractivity contribution in [1.29, 1.82) is 0 Å². The Hall–Kier alpha value is -1.35. The zero-order chi connectivity index (χ0) is 12.3. The van der Waals surface area contributed by atoms with Crippen LogP contribution in [0.2, 0.25) is 0 Å². The van der Waals surface area contributed by atoms with E-state index in [2.05, 4.69) is 12.2 Å². The fourth-order valence-electron chi connectivity index (χ4n) is 2.18. The molecule has 1 fully saturated rings. The van der Waals surface area contributed by atoms with E-state index >= 15 is 0 Å². The molecule has 3 nitrogen and oxygen atoms in total. The summed E-state index contributed by atoms with van der Waals surface area (Å²) in [4.78, 5) is 11.0. The van der Waals surface area contributed by atoms with Crippen LogP contribution in [0.4, 0.5) is 0 Å². The normalized spacial score (nSPS) is 16.8. The second-order valence-electron chi connectivity index (χ2n) is 4.92. The SMILES string of the molecule is CCC1(CNCc2ccccc2C(=O)O)CC1. The largest absolute Gasteiger partial charge is 0.478 e. The number of rotatable bonds is 6. The van der Waals surface area contributed by atoms with Gasteiger partial charge in [0.05, 0.1) is 5.56 Å². The van der Waals surface area contributed by atoms with Crippen molar-refractivity contribution in [3.63, 3.8) is 0 Å². The molecule has 0 aromatic heterocycles. The average Bonchev–Trinajstić information content (AvgIpc) is 3.10. The number of carbonyl (C=O) groups is 1. The van der Waals surface area contributed by atoms with Crippen LogP contribution >= 0.6 is 0 Å². The molecule has 0 spiro atoms. The van der Waals surface area contributed by atoms with Gasteiger partial charge in [-0.1, -0.05) is 25.1 Å². The Morgan fingerprint density at radius 2 is 2.12 bits per heavy atom. The lowest BCUT2D eigenvalue weighted by atomic mass is 10.0. The number of carboxylic acids is 1. The summed E-state index contributed by atoms with van der Waals surface area (Å²) in [6.07, 6.45) is 3.81. The van der Waals surface area contributed by atoms with Gasteiger partial charge in [0.25, 0.3) is 0 Å². The molecule has 17 heavy (non-hydrogen) atoms. The van der Waals surface area contributed by atoms with Crippen LogP contribution in [0.1, 0.15) is 42.1 Å². The van der Waals surface area contributed by atoms with Gasteiger partial charge in [0.2, 0.25) is 0 Å². The molecule has 0 aliphatic heterocycles. The Kier molecular flexibility index (Phi) is 3.48. The molecule has 2 rings (SSSR count). The number of carboxylic acid groups (broad SMARTS) is 1. The number of hydrogen-bond donors (Lipinski definition) is 2. The van der Waals surface area contributed by atoms with E-state index < -0.39 is 5.97 Å². The quantitative estimate of drug-likeness (QED) is 0.794. The Labute approximate surface area is 102 Å². The smallest absolute Gasteiger partial charge is 0.336 e. The summed E-state index contributed by atoms with van der Waals surface area (Å²) in [6.45, 7) is 3.86. The van der Waals surface area contributed by atoms with Gasteiger partial charge in [0.1, 0.15) is 0 Å². The van der Waals surface area contributed by atoms with Gasteiger partial charge in [-0.05, 0) is 36.3 Å². The molecular formula is C14H19NO2. The minimum atomic E-state index is -0.848. The van der Waals surface area contributed by atoms with Crippen molar-refractivity contribution >= 4 is 5.97 Å². The van der Waals surface area contributed by atoms with Crippen LogP contribution in [0.5, 0.6) is 0 Å². The second-order valence-corrected chi connectivity index (χ2v) is 4.92. The highest BCUT2D eigenvalue weighted by molar-refractivity contribution is 5.89. The summed E-state index contributed by atoms with van der Waals surface area (Å²) in [5.41, 5.74) is 1.77. The fourth-order valence-corrected chi connectivity index (χ4v) is 2.18. The number of benzene rings is 1. The molecule has 1 aliphatic carbocycles. The van der Waals surface area contributed by atoms with E-state index in [1.807, 2.05) is 12.1 Å². The highest BCUT2D eigenvalue weighted by atomic mass is 16.4. The molecule has 0 heterocycles. The van der Waals surface area contributed by atoms with E-state index in [0.29, 0.717) is 17.5 Å². The molecule has 0 bridgehead atoms. The van der Waals surface area contributed by atoms with E-state index in [1.54, 1.807) is 12.1 Å². The van der Waals surface area contributed by atoms with Crippen LogP contribution in [0.15, 0.2) is 24.3 Å². The molecule has 3 heteroatoms. The van der Waals surface area contributed by atoms with Crippen LogP contribution in [0, 0.1) is 5.41 Å². The zero-order valence-electron chi connectivity index (χ0n) is 10.2. The lowest BCUT2D eigenvalue weighted by Gasteiger charge is -2.14. The maximum absolute atomic E-state index is 11.0. The van der Waals surface area contributed by atoms with Crippen molar-refractivity contribution in [1.82, 2.24) is 5.32 Å². The van der Waals surface area contributed by atoms with E-state index in [9.17, 15) is 4.79 Å². The third-order valence-corrected chi connectivity index (χ3v) is 3.77. The van der Waals surface area contributed by atoms with Crippen LogP contribution in [-0.2, 0) is 6.54 Å². The van der Waals surface area contributed by atoms with Gasteiger partial charge in [0.15, 0.2) is 0 Å². The molecule has 2 N–H and O–H groups in total. The van der Waals surface area contributed by atoms with Gasteiger partial charge < -0.3 is 10.4 Å². The first-order valence-electron chi connectivity index (χ1n) is 6.19. The summed E-state index contributed by atoms with van der Waals surface area (Å²) in [6, 6.07) is 7.19. The molecule has 0 amide bonds. The molecule has 1 aromatic carbocycles. The molecule has 92 valence electrons. The van der Waals surface area contributed by atoms with Crippen LogP contribution in [0.3, 0.4) is 0 Å². The van der Waals surface area contributed by atoms with Gasteiger partial charge in [0, 0.05) is 13.1 Å². The number of nitrogens with one attached hydrogen (secondary N) is 1. The highest BCUT2D eigenvalue weighted by Gasteiger charge is 2.39. The maximum Gasteiger partial charge on any atom is 0.336 e. The van der Waals surface area contributed by atoms with Crippen molar-refractivity contribution in [2.45, 2.75) is 32.7 Å². The van der Waals surface area contributed by atoms with Crippen molar-refractivity contribution in [2.75, 3.05) is 6.54 Å². The summed E-state index contributed by atoms with van der Waals surface area (Å²) >= 11 is 0. The van der Waals surface area contributed by atoms with Gasteiger partial charge >= 0.3 is 5.97 Å². The molecule has 0 radical (unpaired) electrons. The summed E-state index contributed by atoms with van der Waals surface area (Å²) in [5.74, 6) is -0.848. The summed E-state index contributed by atoms with van der Waals surface area (Å²) in [7, 11) is 0. The maximum atomic E-state index is 11.0. The average molecular weight is 233 g/mol. The molecule has 0 unspecified atom stereocenters. The van der Waals surface area contributed by atoms with E-state index in [1.165, 1.54) is 19.3 Å². The monoisotopic (exact) mass is 233 g/mol. The van der Waals surface area contributed by atoms with Crippen LogP contribution in [-0.4, -0.2) is 17.6 Å². The van der Waals surface area contributed by atoms with Gasteiger partial charge in [-0.25, -0.2) is 4.79 Å².